The Bertz CT molecular complexity index is 6840. The summed E-state index contributed by atoms with van der Waals surface area (Å²) in [5.74, 6) is 2.13. The van der Waals surface area contributed by atoms with Crippen LogP contribution < -0.4 is 14.7 Å². The Labute approximate surface area is 771 Å². The fraction of sp³-hybridized carbons (Fsp3) is 0.343. The number of esters is 1. The topological polar surface area (TPSA) is 369 Å². The van der Waals surface area contributed by atoms with Gasteiger partial charge in [0.1, 0.15) is 34.2 Å². The Hall–Kier alpha value is -14.5. The van der Waals surface area contributed by atoms with Crippen LogP contribution in [-0.2, 0) is 27.3 Å². The van der Waals surface area contributed by atoms with Crippen LogP contribution >= 0.6 is 12.4 Å². The zero-order valence-electron chi connectivity index (χ0n) is 76.8. The number of carbonyl (C=O) groups excluding carboxylic acids is 5. The number of pyridine rings is 6. The zero-order chi connectivity index (χ0) is 92.9. The van der Waals surface area contributed by atoms with Crippen LogP contribution in [0.4, 0.5) is 27.0 Å². The lowest BCUT2D eigenvalue weighted by molar-refractivity contribution is 0.0533. The smallest absolute Gasteiger partial charge is 0.419 e. The normalized spacial score (nSPS) is 14.3. The minimum Gasteiger partial charge on any atom is -0.465 e. The summed E-state index contributed by atoms with van der Waals surface area (Å²) in [7, 11) is 18.2. The van der Waals surface area contributed by atoms with E-state index in [4.69, 9.17) is 29.2 Å². The number of methoxy groups -OCH3 is 1. The first kappa shape index (κ1) is 93.7. The van der Waals surface area contributed by atoms with Gasteiger partial charge in [0, 0.05) is 150 Å². The highest BCUT2D eigenvalue weighted by molar-refractivity contribution is 6.11. The highest BCUT2D eigenvalue weighted by Crippen LogP contribution is 2.38. The number of benzene rings is 3. The van der Waals surface area contributed by atoms with Crippen LogP contribution in [0.1, 0.15) is 151 Å². The third-order valence-corrected chi connectivity index (χ3v) is 23.9. The molecule has 11 aromatic heterocycles. The number of halogens is 1. The summed E-state index contributed by atoms with van der Waals surface area (Å²) in [5, 5.41) is 30.6. The first-order valence-corrected chi connectivity index (χ1v) is 43.6. The number of nitrogens with zero attached hydrogens (tertiary/aromatic N) is 22. The number of nitrogens with one attached hydrogen (secondary N) is 2. The maximum Gasteiger partial charge on any atom is 0.419 e. The predicted octanol–water partition coefficient (Wildman–Crippen LogP) is 15.7. The molecule has 1 aliphatic carbocycles. The summed E-state index contributed by atoms with van der Waals surface area (Å²) in [6.07, 6.45) is 25.6. The van der Waals surface area contributed by atoms with Gasteiger partial charge in [0.15, 0.2) is 28.6 Å². The molecule has 3 saturated heterocycles. The number of hydrogen-bond acceptors (Lipinski definition) is 27. The van der Waals surface area contributed by atoms with Gasteiger partial charge >= 0.3 is 18.2 Å². The molecule has 14 heterocycles. The van der Waals surface area contributed by atoms with Crippen molar-refractivity contribution in [3.63, 3.8) is 0 Å². The third kappa shape index (κ3) is 20.7. The SMILES string of the molecule is CN(C)C1CCN(c2ccc3[nH]c(C(=O)c4ccc(C#N)c(-c5cncc6c5C=CC6)c4)nc3n2)CC1.CN(C)C1CCN(c2ccc3[nH]c(C(=O)c4ccc(C#N)c(-c5cncc6c5ccn6C(=O)OC(C)(C)C)c4)nc3n2)CC1.CN(C)Cn1cnc2ccc(N3CCC(N(C)C)CC3)nc21.COC(=O)c1ccc(C#N)c(-c2cncc3c2ccn3C(=O)OC(C)(C)C)c1.Cl. The monoisotopic (exact) mass is 1790 g/mol. The number of rotatable bonds is 16. The van der Waals surface area contributed by atoms with Gasteiger partial charge in [-0.1, -0.05) is 12.2 Å². The fourth-order valence-electron chi connectivity index (χ4n) is 16.9. The van der Waals surface area contributed by atoms with Crippen LogP contribution in [0.15, 0.2) is 165 Å². The minimum atomic E-state index is -0.668. The highest BCUT2D eigenvalue weighted by atomic mass is 35.5. The summed E-state index contributed by atoms with van der Waals surface area (Å²) in [5.41, 5.74) is 12.5. The average molecular weight is 1800 g/mol. The lowest BCUT2D eigenvalue weighted by atomic mass is 9.93. The number of allylic oxidation sites excluding steroid dienone is 1. The Morgan fingerprint density at radius 3 is 1.30 bits per heavy atom. The van der Waals surface area contributed by atoms with Crippen LogP contribution in [0.5, 0.6) is 0 Å². The molecule has 0 saturated carbocycles. The number of imidazole rings is 3. The summed E-state index contributed by atoms with van der Waals surface area (Å²) in [6.45, 7) is 17.4. The molecule has 3 aromatic carbocycles. The van der Waals surface area contributed by atoms with E-state index in [1.165, 1.54) is 35.2 Å². The number of hydrogen-bond donors (Lipinski definition) is 2. The number of ketones is 2. The third-order valence-electron chi connectivity index (χ3n) is 23.9. The fourth-order valence-corrected chi connectivity index (χ4v) is 16.9. The number of fused-ring (bicyclic) bond motifs is 6. The van der Waals surface area contributed by atoms with Gasteiger partial charge in [-0.25, -0.2) is 44.3 Å². The quantitative estimate of drug-likeness (QED) is 0.0515. The highest BCUT2D eigenvalue weighted by Gasteiger charge is 2.30. The molecule has 0 atom stereocenters. The molecule has 132 heavy (non-hydrogen) atoms. The first-order valence-electron chi connectivity index (χ1n) is 43.6. The van der Waals surface area contributed by atoms with Gasteiger partial charge in [0.05, 0.1) is 95.0 Å². The predicted molar refractivity (Wildman–Crippen MR) is 511 cm³/mol. The van der Waals surface area contributed by atoms with Crippen molar-refractivity contribution >= 4 is 121 Å². The maximum atomic E-state index is 13.7. The Balaban J connectivity index is 0.000000146. The van der Waals surface area contributed by atoms with Crippen LogP contribution in [0.25, 0.3) is 94.8 Å². The van der Waals surface area contributed by atoms with E-state index in [1.807, 2.05) is 42.9 Å². The summed E-state index contributed by atoms with van der Waals surface area (Å²) < 4.78 is 20.6. The van der Waals surface area contributed by atoms with Crippen molar-refractivity contribution in [1.82, 2.24) is 88.1 Å². The number of nitriles is 3. The average Bonchev–Trinajstić information content (AvgIpc) is 1.60. The molecule has 0 spiro atoms. The number of ether oxygens (including phenoxy) is 3. The zero-order valence-corrected chi connectivity index (χ0v) is 77.6. The molecular formula is C99H107ClN24O8. The van der Waals surface area contributed by atoms with Gasteiger partial charge in [-0.05, 0) is 257 Å². The molecule has 32 nitrogen and oxygen atoms in total. The number of H-pyrrole nitrogens is 2. The molecule has 3 fully saturated rings. The Morgan fingerprint density at radius 2 is 0.879 bits per heavy atom. The maximum absolute atomic E-state index is 13.7. The first-order chi connectivity index (χ1) is 62.8. The second-order valence-corrected chi connectivity index (χ2v) is 35.9. The molecule has 14 aromatic rings. The summed E-state index contributed by atoms with van der Waals surface area (Å²) in [4.78, 5) is 127. The van der Waals surface area contributed by atoms with E-state index in [0.29, 0.717) is 118 Å². The summed E-state index contributed by atoms with van der Waals surface area (Å²) in [6, 6.07) is 38.7. The second-order valence-electron chi connectivity index (χ2n) is 35.9. The number of anilines is 3. The van der Waals surface area contributed by atoms with Crippen LogP contribution in [0, 0.1) is 34.0 Å². The molecule has 0 bridgehead atoms. The van der Waals surface area contributed by atoms with Gasteiger partial charge in [-0.3, -0.25) is 38.6 Å². The summed E-state index contributed by atoms with van der Waals surface area (Å²) >= 11 is 0. The van der Waals surface area contributed by atoms with Crippen molar-refractivity contribution in [3.8, 4) is 51.6 Å². The molecule has 3 aliphatic heterocycles. The van der Waals surface area contributed by atoms with Crippen molar-refractivity contribution in [2.45, 2.75) is 122 Å². The van der Waals surface area contributed by atoms with Crippen molar-refractivity contribution in [1.29, 1.82) is 15.8 Å². The van der Waals surface area contributed by atoms with Crippen molar-refractivity contribution < 1.29 is 38.2 Å². The molecule has 678 valence electrons. The molecule has 18 rings (SSSR count). The van der Waals surface area contributed by atoms with Crippen LogP contribution in [0.3, 0.4) is 0 Å². The van der Waals surface area contributed by atoms with Gasteiger partial charge in [-0.2, -0.15) is 15.8 Å². The largest absolute Gasteiger partial charge is 0.465 e. The van der Waals surface area contributed by atoms with E-state index in [9.17, 15) is 39.8 Å². The number of carbonyl (C=O) groups is 5. The molecule has 0 radical (unpaired) electrons. The Morgan fingerprint density at radius 1 is 0.477 bits per heavy atom. The lowest BCUT2D eigenvalue weighted by Gasteiger charge is -2.35. The van der Waals surface area contributed by atoms with Crippen molar-refractivity contribution in [2.24, 2.45) is 0 Å². The van der Waals surface area contributed by atoms with Gasteiger partial charge in [0.25, 0.3) is 0 Å². The van der Waals surface area contributed by atoms with Crippen molar-refractivity contribution in [2.75, 3.05) is 117 Å². The van der Waals surface area contributed by atoms with E-state index >= 15 is 0 Å². The molecular weight excluding hydrogens is 1690 g/mol. The molecule has 0 amide bonds. The lowest BCUT2D eigenvalue weighted by Crippen LogP contribution is -2.42. The standard InChI is InChI=1S/C33H34N8O3.C29H27N7O.C21H19N3O4.C16H26N6.ClH/c1-33(2,3)44-32(43)41-15-12-23-25(18-35-19-27(23)41)24-16-20(6-7-21(24)17-34)29(42)31-36-26-8-9-28(37-30(26)38-31)40-13-10-22(11-14-40)39(4)5;1-35(2)21-10-12-36(13-11-21)26-9-8-25-28(33-26)34-29(32-25)27(37)18-6-7-19(15-30)23(14-18)24-17-31-16-20-4-3-5-22(20)24;1-21(2,3)28-20(26)24-8-7-15-17(11-23-12-18(15)24)16-9-13(19(25)27-4)5-6-14(16)10-22;1-19(2)12-22-11-17-14-5-6-15(18-16(14)22)21-9-7-13(8-10-21)20(3)4;/h6-9,12,15-16,18-19,22H,10-11,13-14H2,1-5H3,(H,36,37,38);3,5-9,14,16-17,21H,4,10-13H2,1-2H3,(H,32,33,34);5-9,11-12H,1-4H3;5-6,11,13H,7-10,12H2,1-4H3;1H. The molecule has 0 unspecified atom stereocenters. The Kier molecular flexibility index (Phi) is 28.3. The number of piperidine rings is 3. The molecule has 4 aliphatic rings. The molecule has 33 heteroatoms. The van der Waals surface area contributed by atoms with E-state index < -0.39 is 29.4 Å². The molecule has 2 N–H and O–H groups in total. The minimum absolute atomic E-state index is 0. The van der Waals surface area contributed by atoms with E-state index in [2.05, 4.69) is 172 Å². The van der Waals surface area contributed by atoms with E-state index in [0.717, 1.165) is 129 Å². The van der Waals surface area contributed by atoms with Crippen LogP contribution in [0.2, 0.25) is 0 Å². The van der Waals surface area contributed by atoms with Crippen molar-refractivity contribution in [3.05, 3.63) is 221 Å². The second kappa shape index (κ2) is 39.9. The van der Waals surface area contributed by atoms with Gasteiger partial charge < -0.3 is 58.1 Å². The number of aromatic nitrogens is 14. The number of aromatic amines is 2. The van der Waals surface area contributed by atoms with E-state index in [-0.39, 0.29) is 35.6 Å². The van der Waals surface area contributed by atoms with E-state index in [1.54, 1.807) is 146 Å². The van der Waals surface area contributed by atoms with Gasteiger partial charge in [0.2, 0.25) is 11.6 Å². The van der Waals surface area contributed by atoms with Crippen LogP contribution in [-0.4, -0.2) is 250 Å². The van der Waals surface area contributed by atoms with Gasteiger partial charge in [-0.15, -0.1) is 12.4 Å².